The van der Waals surface area contributed by atoms with Gasteiger partial charge in [-0.05, 0) is 70.8 Å². The van der Waals surface area contributed by atoms with Crippen LogP contribution in [0.25, 0.3) is 97.4 Å². The lowest BCUT2D eigenvalue weighted by molar-refractivity contribution is 1.18. The van der Waals surface area contributed by atoms with Crippen molar-refractivity contribution in [3.8, 4) is 33.6 Å². The molecule has 11 aromatic rings. The van der Waals surface area contributed by atoms with E-state index >= 15 is 0 Å². The maximum absolute atomic E-state index is 2.49. The number of aromatic nitrogens is 2. The first kappa shape index (κ1) is 28.4. The Balaban J connectivity index is 1.14. The van der Waals surface area contributed by atoms with Crippen molar-refractivity contribution in [2.24, 2.45) is 0 Å². The molecule has 3 aromatic heterocycles. The summed E-state index contributed by atoms with van der Waals surface area (Å²) in [4.78, 5) is 0. The van der Waals surface area contributed by atoms with Crippen molar-refractivity contribution >= 4 is 75.1 Å². The molecule has 0 bridgehead atoms. The summed E-state index contributed by atoms with van der Waals surface area (Å²) in [5.74, 6) is 0. The van der Waals surface area contributed by atoms with Crippen LogP contribution in [0.1, 0.15) is 0 Å². The lowest BCUT2D eigenvalue weighted by atomic mass is 10.00. The van der Waals surface area contributed by atoms with Gasteiger partial charge in [-0.2, -0.15) is 0 Å². The molecular formula is C48H30N2S. The first-order chi connectivity index (χ1) is 25.3. The molecule has 0 radical (unpaired) electrons. The van der Waals surface area contributed by atoms with Gasteiger partial charge in [-0.15, -0.1) is 11.3 Å². The molecule has 0 aliphatic carbocycles. The van der Waals surface area contributed by atoms with Crippen LogP contribution in [0.2, 0.25) is 0 Å². The van der Waals surface area contributed by atoms with E-state index in [0.29, 0.717) is 0 Å². The molecule has 11 rings (SSSR count). The number of hydrogen-bond acceptors (Lipinski definition) is 1. The highest BCUT2D eigenvalue weighted by Gasteiger charge is 2.20. The Hall–Kier alpha value is -6.42. The van der Waals surface area contributed by atoms with E-state index < -0.39 is 0 Å². The van der Waals surface area contributed by atoms with Crippen LogP contribution in [0.5, 0.6) is 0 Å². The normalized spacial score (nSPS) is 11.9. The van der Waals surface area contributed by atoms with Crippen molar-refractivity contribution in [2.75, 3.05) is 0 Å². The summed E-state index contributed by atoms with van der Waals surface area (Å²) in [6.07, 6.45) is 0. The SMILES string of the molecule is c1ccc(-c2ccc(-c3cccc(-n4c5ccccc5c5cc6c(cc54)c4ccccc4n6-c4cccc5c4sc4ccccc45)c3)cc2)cc1. The van der Waals surface area contributed by atoms with Gasteiger partial charge in [0, 0.05) is 42.7 Å². The molecule has 0 spiro atoms. The highest BCUT2D eigenvalue weighted by atomic mass is 32.1. The largest absolute Gasteiger partial charge is 0.309 e. The second-order valence-corrected chi connectivity index (χ2v) is 14.4. The molecule has 0 fully saturated rings. The zero-order chi connectivity index (χ0) is 33.5. The summed E-state index contributed by atoms with van der Waals surface area (Å²) in [5, 5.41) is 7.66. The van der Waals surface area contributed by atoms with Crippen molar-refractivity contribution < 1.29 is 0 Å². The number of benzene rings is 8. The van der Waals surface area contributed by atoms with Crippen LogP contribution in [0, 0.1) is 0 Å². The fourth-order valence-electron chi connectivity index (χ4n) is 8.19. The molecule has 3 heterocycles. The number of fused-ring (bicyclic) bond motifs is 9. The Kier molecular flexibility index (Phi) is 6.16. The molecule has 0 saturated carbocycles. The molecule has 0 atom stereocenters. The van der Waals surface area contributed by atoms with Gasteiger partial charge in [0.1, 0.15) is 0 Å². The van der Waals surface area contributed by atoms with Crippen LogP contribution in [0.3, 0.4) is 0 Å². The Morgan fingerprint density at radius 1 is 0.314 bits per heavy atom. The van der Waals surface area contributed by atoms with Crippen LogP contribution in [0.15, 0.2) is 182 Å². The van der Waals surface area contributed by atoms with Crippen molar-refractivity contribution in [1.29, 1.82) is 0 Å². The zero-order valence-electron chi connectivity index (χ0n) is 27.6. The van der Waals surface area contributed by atoms with Crippen molar-refractivity contribution in [3.63, 3.8) is 0 Å². The van der Waals surface area contributed by atoms with Gasteiger partial charge in [-0.25, -0.2) is 0 Å². The molecule has 238 valence electrons. The fourth-order valence-corrected chi connectivity index (χ4v) is 9.39. The predicted octanol–water partition coefficient (Wildman–Crippen LogP) is 13.6. The molecule has 0 N–H and O–H groups in total. The molecular weight excluding hydrogens is 637 g/mol. The lowest BCUT2D eigenvalue weighted by Crippen LogP contribution is -1.95. The Bertz CT molecular complexity index is 3120. The molecule has 0 unspecified atom stereocenters. The Labute approximate surface area is 298 Å². The van der Waals surface area contributed by atoms with Crippen LogP contribution < -0.4 is 0 Å². The highest BCUT2D eigenvalue weighted by Crippen LogP contribution is 2.43. The maximum atomic E-state index is 2.49. The third-order valence-electron chi connectivity index (χ3n) is 10.5. The van der Waals surface area contributed by atoms with E-state index in [4.69, 9.17) is 0 Å². The molecule has 51 heavy (non-hydrogen) atoms. The van der Waals surface area contributed by atoms with Gasteiger partial charge in [0.2, 0.25) is 0 Å². The maximum Gasteiger partial charge on any atom is 0.0640 e. The fraction of sp³-hybridized carbons (Fsp3) is 0. The number of hydrogen-bond donors (Lipinski definition) is 0. The molecule has 2 nitrogen and oxygen atoms in total. The van der Waals surface area contributed by atoms with E-state index in [-0.39, 0.29) is 0 Å². The summed E-state index contributed by atoms with van der Waals surface area (Å²) in [6.45, 7) is 0. The Morgan fingerprint density at radius 3 is 1.59 bits per heavy atom. The summed E-state index contributed by atoms with van der Waals surface area (Å²) in [5.41, 5.74) is 12.1. The minimum Gasteiger partial charge on any atom is -0.309 e. The molecule has 8 aromatic carbocycles. The van der Waals surface area contributed by atoms with E-state index in [2.05, 4.69) is 191 Å². The number of para-hydroxylation sites is 2. The topological polar surface area (TPSA) is 9.86 Å². The predicted molar refractivity (Wildman–Crippen MR) is 219 cm³/mol. The van der Waals surface area contributed by atoms with Gasteiger partial charge in [-0.3, -0.25) is 0 Å². The quantitative estimate of drug-likeness (QED) is 0.177. The molecule has 0 saturated heterocycles. The first-order valence-corrected chi connectivity index (χ1v) is 18.3. The number of rotatable bonds is 4. The van der Waals surface area contributed by atoms with Crippen LogP contribution in [-0.2, 0) is 0 Å². The summed E-state index contributed by atoms with van der Waals surface area (Å²) < 4.78 is 7.58. The molecule has 0 aliphatic heterocycles. The third-order valence-corrected chi connectivity index (χ3v) is 11.7. The minimum absolute atomic E-state index is 1.16. The number of nitrogens with zero attached hydrogens (tertiary/aromatic N) is 2. The van der Waals surface area contributed by atoms with Gasteiger partial charge < -0.3 is 9.13 Å². The second-order valence-electron chi connectivity index (χ2n) is 13.3. The van der Waals surface area contributed by atoms with Crippen LogP contribution in [-0.4, -0.2) is 9.13 Å². The lowest BCUT2D eigenvalue weighted by Gasteiger charge is -2.12. The van der Waals surface area contributed by atoms with Crippen LogP contribution >= 0.6 is 11.3 Å². The first-order valence-electron chi connectivity index (χ1n) is 17.4. The van der Waals surface area contributed by atoms with Gasteiger partial charge in [-0.1, -0.05) is 133 Å². The van der Waals surface area contributed by atoms with E-state index in [1.807, 2.05) is 11.3 Å². The van der Waals surface area contributed by atoms with Crippen molar-refractivity contribution in [3.05, 3.63) is 182 Å². The average molecular weight is 667 g/mol. The van der Waals surface area contributed by atoms with Gasteiger partial charge in [0.05, 0.1) is 32.5 Å². The van der Waals surface area contributed by atoms with Crippen molar-refractivity contribution in [1.82, 2.24) is 9.13 Å². The standard InChI is InChI=1S/C48H30N2S/c1-2-12-31(13-3-1)32-24-26-33(27-25-32)34-14-10-15-35(28-34)49-42-20-7-4-16-36(42)40-30-46-41(29-45(40)49)37-17-5-8-21-43(37)50(46)44-22-11-19-39-38-18-6-9-23-47(38)51-48(39)44/h1-30H. The number of thiophene rings is 1. The Morgan fingerprint density at radius 2 is 0.843 bits per heavy atom. The average Bonchev–Trinajstić information content (AvgIpc) is 3.85. The highest BCUT2D eigenvalue weighted by molar-refractivity contribution is 7.26. The monoisotopic (exact) mass is 666 g/mol. The molecule has 0 amide bonds. The van der Waals surface area contributed by atoms with E-state index in [0.717, 1.165) is 5.69 Å². The van der Waals surface area contributed by atoms with E-state index in [1.165, 1.54) is 91.7 Å². The third kappa shape index (κ3) is 4.29. The molecule has 3 heteroatoms. The van der Waals surface area contributed by atoms with Gasteiger partial charge in [0.25, 0.3) is 0 Å². The molecule has 0 aliphatic rings. The summed E-state index contributed by atoms with van der Waals surface area (Å²) in [7, 11) is 0. The minimum atomic E-state index is 1.16. The van der Waals surface area contributed by atoms with Gasteiger partial charge >= 0.3 is 0 Å². The van der Waals surface area contributed by atoms with E-state index in [1.54, 1.807) is 0 Å². The van der Waals surface area contributed by atoms with Crippen molar-refractivity contribution in [2.45, 2.75) is 0 Å². The second kappa shape index (κ2) is 11.0. The zero-order valence-corrected chi connectivity index (χ0v) is 28.4. The summed E-state index contributed by atoms with van der Waals surface area (Å²) >= 11 is 1.89. The summed E-state index contributed by atoms with van der Waals surface area (Å²) in [6, 6.07) is 66.6. The smallest absolute Gasteiger partial charge is 0.0640 e. The van der Waals surface area contributed by atoms with Crippen LogP contribution in [0.4, 0.5) is 0 Å². The van der Waals surface area contributed by atoms with Gasteiger partial charge in [0.15, 0.2) is 0 Å². The van der Waals surface area contributed by atoms with E-state index in [9.17, 15) is 0 Å².